The van der Waals surface area contributed by atoms with Crippen LogP contribution >= 0.6 is 43.5 Å². The van der Waals surface area contributed by atoms with E-state index in [0.717, 1.165) is 21.3 Å². The molecule has 0 unspecified atom stereocenters. The second-order valence-electron chi connectivity index (χ2n) is 4.15. The molecule has 0 aliphatic rings. The molecule has 0 aliphatic carbocycles. The van der Waals surface area contributed by atoms with Gasteiger partial charge in [-0.3, -0.25) is 0 Å². The van der Waals surface area contributed by atoms with E-state index in [1.54, 1.807) is 13.2 Å². The molecule has 2 rings (SSSR count). The van der Waals surface area contributed by atoms with Crippen molar-refractivity contribution in [3.8, 4) is 11.5 Å². The summed E-state index contributed by atoms with van der Waals surface area (Å²) in [4.78, 5) is 0. The van der Waals surface area contributed by atoms with Gasteiger partial charge in [-0.25, -0.2) is 0 Å². The van der Waals surface area contributed by atoms with Crippen molar-refractivity contribution in [3.63, 3.8) is 0 Å². The lowest BCUT2D eigenvalue weighted by Gasteiger charge is -2.14. The predicted molar refractivity (Wildman–Crippen MR) is 89.1 cm³/mol. The Balaban J connectivity index is 2.21. The van der Waals surface area contributed by atoms with Crippen LogP contribution in [0.1, 0.15) is 11.1 Å². The Bertz CT molecular complexity index is 560. The molecule has 0 bridgehead atoms. The van der Waals surface area contributed by atoms with Gasteiger partial charge in [0, 0.05) is 26.5 Å². The molecular formula is C15H13Br2ClO2. The first-order valence-electron chi connectivity index (χ1n) is 5.93. The average molecular weight is 421 g/mol. The lowest BCUT2D eigenvalue weighted by molar-refractivity contribution is 0.282. The van der Waals surface area contributed by atoms with Crippen molar-refractivity contribution in [2.24, 2.45) is 0 Å². The second kappa shape index (κ2) is 7.34. The molecule has 0 fully saturated rings. The smallest absolute Gasteiger partial charge is 0.165 e. The molecule has 0 spiro atoms. The third-order valence-corrected chi connectivity index (χ3v) is 4.11. The summed E-state index contributed by atoms with van der Waals surface area (Å²) >= 11 is 12.9. The molecule has 5 heteroatoms. The van der Waals surface area contributed by atoms with Gasteiger partial charge in [-0.1, -0.05) is 55.6 Å². The molecule has 0 atom stereocenters. The van der Waals surface area contributed by atoms with E-state index in [-0.39, 0.29) is 0 Å². The van der Waals surface area contributed by atoms with Gasteiger partial charge >= 0.3 is 0 Å². The summed E-state index contributed by atoms with van der Waals surface area (Å²) in [5, 5.41) is 1.28. The summed E-state index contributed by atoms with van der Waals surface area (Å²) in [6.45, 7) is 0.477. The highest BCUT2D eigenvalue weighted by Gasteiger charge is 2.12. The number of ether oxygens (including phenoxy) is 2. The van der Waals surface area contributed by atoms with Gasteiger partial charge in [0.2, 0.25) is 0 Å². The van der Waals surface area contributed by atoms with Crippen molar-refractivity contribution in [1.82, 2.24) is 0 Å². The van der Waals surface area contributed by atoms with Crippen molar-refractivity contribution in [3.05, 3.63) is 57.0 Å². The van der Waals surface area contributed by atoms with Gasteiger partial charge in [0.1, 0.15) is 6.61 Å². The molecule has 0 N–H and O–H groups in total. The second-order valence-corrected chi connectivity index (χ2v) is 6.06. The van der Waals surface area contributed by atoms with Crippen molar-refractivity contribution < 1.29 is 9.47 Å². The molecule has 20 heavy (non-hydrogen) atoms. The van der Waals surface area contributed by atoms with Crippen LogP contribution in [0.15, 0.2) is 40.9 Å². The van der Waals surface area contributed by atoms with Crippen LogP contribution < -0.4 is 9.47 Å². The molecule has 2 nitrogen and oxygen atoms in total. The summed E-state index contributed by atoms with van der Waals surface area (Å²) in [5.74, 6) is 1.36. The number of benzene rings is 2. The van der Waals surface area contributed by atoms with Crippen molar-refractivity contribution in [2.45, 2.75) is 11.9 Å². The quantitative estimate of drug-likeness (QED) is 0.588. The first-order chi connectivity index (χ1) is 9.63. The van der Waals surface area contributed by atoms with Crippen molar-refractivity contribution >= 4 is 43.5 Å². The van der Waals surface area contributed by atoms with E-state index in [2.05, 4.69) is 31.9 Å². The number of methoxy groups -OCH3 is 1. The van der Waals surface area contributed by atoms with Crippen LogP contribution in [-0.4, -0.2) is 7.11 Å². The van der Waals surface area contributed by atoms with E-state index in [4.69, 9.17) is 21.1 Å². The highest BCUT2D eigenvalue weighted by Crippen LogP contribution is 2.36. The van der Waals surface area contributed by atoms with E-state index in [1.165, 1.54) is 0 Å². The van der Waals surface area contributed by atoms with Gasteiger partial charge in [0.25, 0.3) is 0 Å². The Labute approximate surface area is 140 Å². The summed E-state index contributed by atoms with van der Waals surface area (Å²) in [6.07, 6.45) is 0. The normalized spacial score (nSPS) is 10.4. The topological polar surface area (TPSA) is 18.5 Å². The molecule has 2 aromatic rings. The summed E-state index contributed by atoms with van der Waals surface area (Å²) in [6, 6.07) is 11.6. The maximum Gasteiger partial charge on any atom is 0.165 e. The summed E-state index contributed by atoms with van der Waals surface area (Å²) in [7, 11) is 1.61. The lowest BCUT2D eigenvalue weighted by Crippen LogP contribution is -2.00. The first-order valence-corrected chi connectivity index (χ1v) is 8.23. The maximum atomic E-state index is 6.05. The molecule has 0 saturated carbocycles. The lowest BCUT2D eigenvalue weighted by atomic mass is 10.2. The van der Waals surface area contributed by atoms with Crippen LogP contribution in [0.25, 0.3) is 0 Å². The van der Waals surface area contributed by atoms with E-state index in [0.29, 0.717) is 22.7 Å². The number of hydrogen-bond donors (Lipinski definition) is 0. The van der Waals surface area contributed by atoms with E-state index < -0.39 is 0 Å². The van der Waals surface area contributed by atoms with Crippen LogP contribution in [-0.2, 0) is 11.9 Å². The average Bonchev–Trinajstić information content (AvgIpc) is 2.46. The third-order valence-electron chi connectivity index (χ3n) is 2.76. The van der Waals surface area contributed by atoms with Crippen LogP contribution in [0.5, 0.6) is 11.5 Å². The van der Waals surface area contributed by atoms with Gasteiger partial charge in [-0.2, -0.15) is 0 Å². The number of rotatable bonds is 5. The largest absolute Gasteiger partial charge is 0.493 e. The molecular weight excluding hydrogens is 407 g/mol. The highest BCUT2D eigenvalue weighted by molar-refractivity contribution is 9.10. The molecule has 0 aromatic heterocycles. The summed E-state index contributed by atoms with van der Waals surface area (Å²) < 4.78 is 12.3. The highest BCUT2D eigenvalue weighted by atomic mass is 79.9. The Morgan fingerprint density at radius 2 is 1.85 bits per heavy atom. The molecule has 0 radical (unpaired) electrons. The number of halogens is 3. The Hall–Kier alpha value is -0.710. The van der Waals surface area contributed by atoms with Crippen LogP contribution in [0, 0.1) is 0 Å². The third kappa shape index (κ3) is 3.90. The monoisotopic (exact) mass is 418 g/mol. The Morgan fingerprint density at radius 1 is 1.15 bits per heavy atom. The zero-order valence-electron chi connectivity index (χ0n) is 10.8. The van der Waals surface area contributed by atoms with Gasteiger partial charge < -0.3 is 9.47 Å². The zero-order chi connectivity index (χ0) is 14.5. The van der Waals surface area contributed by atoms with Crippen molar-refractivity contribution in [2.75, 3.05) is 7.11 Å². The molecule has 0 amide bonds. The fourth-order valence-electron chi connectivity index (χ4n) is 1.77. The molecule has 0 aliphatic heterocycles. The van der Waals surface area contributed by atoms with Gasteiger partial charge in [0.05, 0.1) is 7.11 Å². The molecule has 2 aromatic carbocycles. The van der Waals surface area contributed by atoms with E-state index >= 15 is 0 Å². The SMILES string of the molecule is COc1cc(Cl)cc(CBr)c1OCc1ccc(Br)cc1. The molecule has 0 heterocycles. The predicted octanol–water partition coefficient (Wildman–Crippen LogP) is 5.59. The zero-order valence-corrected chi connectivity index (χ0v) is 14.8. The minimum absolute atomic E-state index is 0.477. The van der Waals surface area contributed by atoms with Crippen LogP contribution in [0.2, 0.25) is 5.02 Å². The van der Waals surface area contributed by atoms with E-state index in [9.17, 15) is 0 Å². The fraction of sp³-hybridized carbons (Fsp3) is 0.200. The van der Waals surface area contributed by atoms with Crippen molar-refractivity contribution in [1.29, 1.82) is 0 Å². The van der Waals surface area contributed by atoms with Gasteiger partial charge in [-0.15, -0.1) is 0 Å². The minimum atomic E-state index is 0.477. The minimum Gasteiger partial charge on any atom is -0.493 e. The van der Waals surface area contributed by atoms with Crippen LogP contribution in [0.4, 0.5) is 0 Å². The Morgan fingerprint density at radius 3 is 2.45 bits per heavy atom. The molecule has 0 saturated heterocycles. The van der Waals surface area contributed by atoms with E-state index in [1.807, 2.05) is 30.3 Å². The number of hydrogen-bond acceptors (Lipinski definition) is 2. The molecule has 106 valence electrons. The van der Waals surface area contributed by atoms with Gasteiger partial charge in [0.15, 0.2) is 11.5 Å². The van der Waals surface area contributed by atoms with Gasteiger partial charge in [-0.05, 0) is 23.8 Å². The Kier molecular flexibility index (Phi) is 5.75. The number of alkyl halides is 1. The summed E-state index contributed by atoms with van der Waals surface area (Å²) in [5.41, 5.74) is 2.05. The first kappa shape index (κ1) is 15.7. The maximum absolute atomic E-state index is 6.05. The standard InChI is InChI=1S/C15H13Br2ClO2/c1-19-14-7-13(18)6-11(8-16)15(14)20-9-10-2-4-12(17)5-3-10/h2-7H,8-9H2,1H3. The van der Waals surface area contributed by atoms with Crippen LogP contribution in [0.3, 0.4) is 0 Å². The fourth-order valence-corrected chi connectivity index (χ4v) is 2.69.